The summed E-state index contributed by atoms with van der Waals surface area (Å²) in [4.78, 5) is 22.2. The molecule has 0 aliphatic carbocycles. The lowest BCUT2D eigenvalue weighted by Gasteiger charge is -2.14. The van der Waals surface area contributed by atoms with E-state index < -0.39 is 24.0 Å². The SMILES string of the molecule is C[C@H](NC(=O)[C@@H](O)c1ccccc1)C(N)=O. The third-order valence-electron chi connectivity index (χ3n) is 2.15. The molecule has 0 aliphatic heterocycles. The van der Waals surface area contributed by atoms with Crippen molar-refractivity contribution in [3.8, 4) is 0 Å². The van der Waals surface area contributed by atoms with Gasteiger partial charge in [-0.25, -0.2) is 0 Å². The van der Waals surface area contributed by atoms with Gasteiger partial charge in [-0.1, -0.05) is 30.3 Å². The van der Waals surface area contributed by atoms with E-state index in [9.17, 15) is 14.7 Å². The van der Waals surface area contributed by atoms with E-state index in [2.05, 4.69) is 5.32 Å². The molecule has 4 N–H and O–H groups in total. The van der Waals surface area contributed by atoms with Crippen LogP contribution in [-0.4, -0.2) is 23.0 Å². The molecule has 16 heavy (non-hydrogen) atoms. The average molecular weight is 222 g/mol. The number of nitrogens with one attached hydrogen (secondary N) is 1. The minimum absolute atomic E-state index is 0.469. The molecular weight excluding hydrogens is 208 g/mol. The molecule has 0 spiro atoms. The topological polar surface area (TPSA) is 92.4 Å². The van der Waals surface area contributed by atoms with Crippen molar-refractivity contribution in [2.45, 2.75) is 19.1 Å². The highest BCUT2D eigenvalue weighted by Crippen LogP contribution is 2.11. The van der Waals surface area contributed by atoms with Crippen LogP contribution in [0.1, 0.15) is 18.6 Å². The van der Waals surface area contributed by atoms with Gasteiger partial charge in [-0.2, -0.15) is 0 Å². The molecule has 0 saturated heterocycles. The maximum Gasteiger partial charge on any atom is 0.254 e. The van der Waals surface area contributed by atoms with Crippen molar-refractivity contribution < 1.29 is 14.7 Å². The van der Waals surface area contributed by atoms with Gasteiger partial charge in [0.25, 0.3) is 5.91 Å². The molecule has 0 aromatic heterocycles. The summed E-state index contributed by atoms with van der Waals surface area (Å²) < 4.78 is 0. The normalized spacial score (nSPS) is 13.9. The molecule has 2 atom stereocenters. The summed E-state index contributed by atoms with van der Waals surface area (Å²) in [6, 6.07) is 7.65. The monoisotopic (exact) mass is 222 g/mol. The molecule has 1 rings (SSSR count). The average Bonchev–Trinajstić information content (AvgIpc) is 2.28. The Balaban J connectivity index is 2.65. The molecule has 0 unspecified atom stereocenters. The van der Waals surface area contributed by atoms with Gasteiger partial charge in [0.1, 0.15) is 6.04 Å². The lowest BCUT2D eigenvalue weighted by atomic mass is 10.1. The highest BCUT2D eigenvalue weighted by atomic mass is 16.3. The maximum absolute atomic E-state index is 11.5. The van der Waals surface area contributed by atoms with Crippen molar-refractivity contribution in [3.63, 3.8) is 0 Å². The van der Waals surface area contributed by atoms with Crippen LogP contribution in [0.3, 0.4) is 0 Å². The lowest BCUT2D eigenvalue weighted by Crippen LogP contribution is -2.44. The van der Waals surface area contributed by atoms with Crippen LogP contribution < -0.4 is 11.1 Å². The number of aliphatic hydroxyl groups excluding tert-OH is 1. The molecule has 5 nitrogen and oxygen atoms in total. The van der Waals surface area contributed by atoms with Crippen LogP contribution in [0.5, 0.6) is 0 Å². The van der Waals surface area contributed by atoms with Crippen molar-refractivity contribution in [2.24, 2.45) is 5.73 Å². The van der Waals surface area contributed by atoms with Crippen LogP contribution in [-0.2, 0) is 9.59 Å². The molecule has 1 aromatic rings. The largest absolute Gasteiger partial charge is 0.378 e. The quantitative estimate of drug-likeness (QED) is 0.653. The van der Waals surface area contributed by atoms with Crippen LogP contribution >= 0.6 is 0 Å². The molecule has 0 heterocycles. The van der Waals surface area contributed by atoms with Crippen molar-refractivity contribution in [3.05, 3.63) is 35.9 Å². The summed E-state index contributed by atoms with van der Waals surface area (Å²) >= 11 is 0. The molecule has 0 bridgehead atoms. The van der Waals surface area contributed by atoms with Gasteiger partial charge in [-0.3, -0.25) is 9.59 Å². The fourth-order valence-corrected chi connectivity index (χ4v) is 1.15. The summed E-state index contributed by atoms with van der Waals surface area (Å²) in [5.41, 5.74) is 5.46. The smallest absolute Gasteiger partial charge is 0.254 e. The fourth-order valence-electron chi connectivity index (χ4n) is 1.15. The zero-order valence-electron chi connectivity index (χ0n) is 8.88. The van der Waals surface area contributed by atoms with Gasteiger partial charge < -0.3 is 16.2 Å². The predicted octanol–water partition coefficient (Wildman–Crippen LogP) is -0.290. The van der Waals surface area contributed by atoms with Gasteiger partial charge in [-0.05, 0) is 12.5 Å². The molecule has 2 amide bonds. The Kier molecular flexibility index (Phi) is 4.02. The standard InChI is InChI=1S/C11H14N2O3/c1-7(10(12)15)13-11(16)9(14)8-5-3-2-4-6-8/h2-7,9,14H,1H3,(H2,12,15)(H,13,16)/t7-,9-/m0/s1. The zero-order valence-corrected chi connectivity index (χ0v) is 8.88. The minimum Gasteiger partial charge on any atom is -0.378 e. The van der Waals surface area contributed by atoms with E-state index in [1.54, 1.807) is 30.3 Å². The number of benzene rings is 1. The number of hydrogen-bond acceptors (Lipinski definition) is 3. The summed E-state index contributed by atoms with van der Waals surface area (Å²) in [5, 5.41) is 12.0. The molecule has 0 fully saturated rings. The molecule has 0 radical (unpaired) electrons. The number of primary amides is 1. The summed E-state index contributed by atoms with van der Waals surface area (Å²) in [6.07, 6.45) is -1.29. The number of amides is 2. The number of carbonyl (C=O) groups is 2. The van der Waals surface area contributed by atoms with Crippen LogP contribution in [0.25, 0.3) is 0 Å². The van der Waals surface area contributed by atoms with E-state index in [0.717, 1.165) is 0 Å². The molecule has 5 heteroatoms. The highest BCUT2D eigenvalue weighted by molar-refractivity contribution is 5.88. The number of nitrogens with two attached hydrogens (primary N) is 1. The number of carbonyl (C=O) groups excluding carboxylic acids is 2. The Morgan fingerprint density at radius 3 is 2.38 bits per heavy atom. The van der Waals surface area contributed by atoms with Gasteiger partial charge in [0, 0.05) is 0 Å². The first-order valence-corrected chi connectivity index (χ1v) is 4.85. The van der Waals surface area contributed by atoms with E-state index in [4.69, 9.17) is 5.73 Å². The molecule has 86 valence electrons. The second-order valence-electron chi connectivity index (χ2n) is 3.45. The van der Waals surface area contributed by atoms with Crippen LogP contribution in [0.2, 0.25) is 0 Å². The van der Waals surface area contributed by atoms with Gasteiger partial charge >= 0.3 is 0 Å². The van der Waals surface area contributed by atoms with E-state index in [1.165, 1.54) is 6.92 Å². The van der Waals surface area contributed by atoms with Gasteiger partial charge in [0.15, 0.2) is 6.10 Å². The molecule has 0 aliphatic rings. The second-order valence-corrected chi connectivity index (χ2v) is 3.45. The molecule has 1 aromatic carbocycles. The minimum atomic E-state index is -1.29. The molecule has 0 saturated carbocycles. The number of aliphatic hydroxyl groups is 1. The van der Waals surface area contributed by atoms with Gasteiger partial charge in [-0.15, -0.1) is 0 Å². The first-order chi connectivity index (χ1) is 7.52. The summed E-state index contributed by atoms with van der Waals surface area (Å²) in [7, 11) is 0. The first-order valence-electron chi connectivity index (χ1n) is 4.85. The number of hydrogen-bond donors (Lipinski definition) is 3. The van der Waals surface area contributed by atoms with Crippen molar-refractivity contribution in [2.75, 3.05) is 0 Å². The lowest BCUT2D eigenvalue weighted by molar-refractivity contribution is -0.133. The summed E-state index contributed by atoms with van der Waals surface area (Å²) in [5.74, 6) is -1.29. The maximum atomic E-state index is 11.5. The Morgan fingerprint density at radius 2 is 1.88 bits per heavy atom. The van der Waals surface area contributed by atoms with E-state index in [-0.39, 0.29) is 0 Å². The Hall–Kier alpha value is -1.88. The summed E-state index contributed by atoms with van der Waals surface area (Å²) in [6.45, 7) is 1.46. The highest BCUT2D eigenvalue weighted by Gasteiger charge is 2.20. The van der Waals surface area contributed by atoms with E-state index in [1.807, 2.05) is 0 Å². The third-order valence-corrected chi connectivity index (χ3v) is 2.15. The van der Waals surface area contributed by atoms with E-state index >= 15 is 0 Å². The number of rotatable bonds is 4. The Morgan fingerprint density at radius 1 is 1.31 bits per heavy atom. The Bertz CT molecular complexity index is 378. The van der Waals surface area contributed by atoms with Crippen LogP contribution in [0, 0.1) is 0 Å². The van der Waals surface area contributed by atoms with Gasteiger partial charge in [0.2, 0.25) is 5.91 Å². The second kappa shape index (κ2) is 5.27. The van der Waals surface area contributed by atoms with Gasteiger partial charge in [0.05, 0.1) is 0 Å². The van der Waals surface area contributed by atoms with Crippen molar-refractivity contribution in [1.29, 1.82) is 0 Å². The van der Waals surface area contributed by atoms with Crippen LogP contribution in [0.15, 0.2) is 30.3 Å². The van der Waals surface area contributed by atoms with Crippen LogP contribution in [0.4, 0.5) is 0 Å². The van der Waals surface area contributed by atoms with E-state index in [0.29, 0.717) is 5.56 Å². The Labute approximate surface area is 93.3 Å². The first kappa shape index (κ1) is 12.2. The zero-order chi connectivity index (χ0) is 12.1. The fraction of sp³-hybridized carbons (Fsp3) is 0.273. The van der Waals surface area contributed by atoms with Crippen molar-refractivity contribution >= 4 is 11.8 Å². The third kappa shape index (κ3) is 3.06. The predicted molar refractivity (Wildman–Crippen MR) is 58.2 cm³/mol. The van der Waals surface area contributed by atoms with Crippen molar-refractivity contribution in [1.82, 2.24) is 5.32 Å². The molecular formula is C11H14N2O3.